The highest BCUT2D eigenvalue weighted by molar-refractivity contribution is 6.42. The Bertz CT molecular complexity index is 81.8. The maximum atomic E-state index is 4.97. The highest BCUT2D eigenvalue weighted by Gasteiger charge is 2.10. The van der Waals surface area contributed by atoms with Crippen LogP contribution in [0.5, 0.6) is 0 Å². The molecule has 0 fully saturated rings. The fourth-order valence-corrected chi connectivity index (χ4v) is 0.436. The van der Waals surface area contributed by atoms with Crippen LogP contribution in [0.4, 0.5) is 0 Å². The highest BCUT2D eigenvalue weighted by atomic mass is 16.6. The molecule has 0 unspecified atom stereocenters. The van der Waals surface area contributed by atoms with Crippen LogP contribution in [0, 0.1) is 0 Å². The van der Waals surface area contributed by atoms with Gasteiger partial charge in [-0.25, -0.2) is 0 Å². The van der Waals surface area contributed by atoms with Gasteiger partial charge in [0.25, 0.3) is 0 Å². The molecule has 0 N–H and O–H groups in total. The lowest BCUT2D eigenvalue weighted by Crippen LogP contribution is -2.18. The quantitative estimate of drug-likeness (QED) is 0.414. The largest absolute Gasteiger partial charge is 0.542 e. The van der Waals surface area contributed by atoms with Gasteiger partial charge in [0, 0.05) is 0 Å². The molecule has 0 saturated heterocycles. The summed E-state index contributed by atoms with van der Waals surface area (Å²) in [4.78, 5) is 0. The summed E-state index contributed by atoms with van der Waals surface area (Å²) in [5, 5.41) is 0. The van der Waals surface area contributed by atoms with E-state index in [0.717, 1.165) is 0 Å². The predicted octanol–water partition coefficient (Wildman–Crippen LogP) is 0.665. The summed E-state index contributed by atoms with van der Waals surface area (Å²) in [6, 6.07) is 0. The average Bonchev–Trinajstić information content (AvgIpc) is 1.69. The smallest absolute Gasteiger partial charge is 0.521 e. The van der Waals surface area contributed by atoms with E-state index in [0.29, 0.717) is 6.61 Å². The van der Waals surface area contributed by atoms with Gasteiger partial charge in [-0.2, -0.15) is 0 Å². The Morgan fingerprint density at radius 2 is 2.57 bits per heavy atom. The first-order valence-corrected chi connectivity index (χ1v) is 2.31. The third kappa shape index (κ3) is 1.24. The fourth-order valence-electron chi connectivity index (χ4n) is 0.436. The summed E-state index contributed by atoms with van der Waals surface area (Å²) in [6.07, 6.45) is 3.49. The van der Waals surface area contributed by atoms with Gasteiger partial charge in [-0.1, -0.05) is 0 Å². The SMILES string of the molecule is CB1OC=CCO1. The van der Waals surface area contributed by atoms with Gasteiger partial charge >= 0.3 is 7.12 Å². The van der Waals surface area contributed by atoms with Crippen LogP contribution in [-0.4, -0.2) is 13.7 Å². The summed E-state index contributed by atoms with van der Waals surface area (Å²) in [6.45, 7) is 2.55. The Hall–Kier alpha value is -0.435. The Morgan fingerprint density at radius 1 is 1.71 bits per heavy atom. The van der Waals surface area contributed by atoms with E-state index in [9.17, 15) is 0 Å². The van der Waals surface area contributed by atoms with Gasteiger partial charge in [-0.3, -0.25) is 0 Å². The second-order valence-corrected chi connectivity index (χ2v) is 1.41. The molecule has 0 radical (unpaired) electrons. The second-order valence-electron chi connectivity index (χ2n) is 1.41. The number of hydrogen-bond donors (Lipinski definition) is 0. The van der Waals surface area contributed by atoms with Gasteiger partial charge < -0.3 is 9.31 Å². The van der Waals surface area contributed by atoms with E-state index < -0.39 is 0 Å². The molecule has 0 aromatic heterocycles. The van der Waals surface area contributed by atoms with E-state index in [-0.39, 0.29) is 7.12 Å². The van der Waals surface area contributed by atoms with Gasteiger partial charge in [0.1, 0.15) is 0 Å². The molecule has 38 valence electrons. The minimum atomic E-state index is -0.0509. The van der Waals surface area contributed by atoms with Gasteiger partial charge in [-0.15, -0.1) is 0 Å². The molecular weight excluding hydrogens is 90.9 g/mol. The molecule has 0 aliphatic carbocycles. The average molecular weight is 97.9 g/mol. The second kappa shape index (κ2) is 2.03. The van der Waals surface area contributed by atoms with Crippen molar-refractivity contribution in [2.45, 2.75) is 6.82 Å². The monoisotopic (exact) mass is 98.1 g/mol. The Balaban J connectivity index is 2.32. The standard InChI is InChI=1S/C4H7BO2/c1-5-6-3-2-4-7-5/h2-3H,4H2,1H3. The summed E-state index contributed by atoms with van der Waals surface area (Å²) in [5.41, 5.74) is 0. The molecule has 0 saturated carbocycles. The Labute approximate surface area is 43.3 Å². The summed E-state index contributed by atoms with van der Waals surface area (Å²) >= 11 is 0. The lowest BCUT2D eigenvalue weighted by Gasteiger charge is -2.10. The molecule has 0 atom stereocenters. The molecule has 0 bridgehead atoms. The highest BCUT2D eigenvalue weighted by Crippen LogP contribution is 1.95. The first kappa shape index (κ1) is 4.72. The third-order valence-electron chi connectivity index (χ3n) is 0.794. The van der Waals surface area contributed by atoms with Crippen LogP contribution < -0.4 is 0 Å². The summed E-state index contributed by atoms with van der Waals surface area (Å²) in [5.74, 6) is 0. The lowest BCUT2D eigenvalue weighted by atomic mass is 9.95. The van der Waals surface area contributed by atoms with E-state index in [2.05, 4.69) is 0 Å². The van der Waals surface area contributed by atoms with Gasteiger partial charge in [0.2, 0.25) is 0 Å². The molecule has 0 spiro atoms. The zero-order valence-electron chi connectivity index (χ0n) is 4.26. The van der Waals surface area contributed by atoms with E-state index in [4.69, 9.17) is 9.31 Å². The van der Waals surface area contributed by atoms with Crippen LogP contribution in [0.1, 0.15) is 0 Å². The first-order valence-electron chi connectivity index (χ1n) is 2.31. The molecule has 1 rings (SSSR count). The van der Waals surface area contributed by atoms with Crippen molar-refractivity contribution in [3.63, 3.8) is 0 Å². The predicted molar refractivity (Wildman–Crippen MR) is 27.8 cm³/mol. The summed E-state index contributed by atoms with van der Waals surface area (Å²) < 4.78 is 9.84. The molecule has 0 aromatic rings. The zero-order chi connectivity index (χ0) is 5.11. The first-order chi connectivity index (χ1) is 3.39. The van der Waals surface area contributed by atoms with Crippen molar-refractivity contribution < 1.29 is 9.31 Å². The van der Waals surface area contributed by atoms with Crippen LogP contribution in [0.25, 0.3) is 0 Å². The zero-order valence-corrected chi connectivity index (χ0v) is 4.26. The van der Waals surface area contributed by atoms with E-state index in [1.165, 1.54) is 0 Å². The minimum absolute atomic E-state index is 0.0509. The maximum Gasteiger partial charge on any atom is 0.521 e. The van der Waals surface area contributed by atoms with Crippen LogP contribution in [-0.2, 0) is 9.31 Å². The molecular formula is C4H7BO2. The number of hydrogen-bond acceptors (Lipinski definition) is 2. The Morgan fingerprint density at radius 3 is 2.86 bits per heavy atom. The molecule has 2 nitrogen and oxygen atoms in total. The van der Waals surface area contributed by atoms with Gasteiger partial charge in [-0.05, 0) is 12.9 Å². The van der Waals surface area contributed by atoms with Crippen molar-refractivity contribution >= 4 is 7.12 Å². The van der Waals surface area contributed by atoms with Crippen molar-refractivity contribution in [1.29, 1.82) is 0 Å². The molecule has 1 aliphatic heterocycles. The van der Waals surface area contributed by atoms with Crippen molar-refractivity contribution in [1.82, 2.24) is 0 Å². The lowest BCUT2D eigenvalue weighted by molar-refractivity contribution is 0.258. The van der Waals surface area contributed by atoms with E-state index in [1.54, 1.807) is 6.26 Å². The number of rotatable bonds is 0. The molecule has 0 aromatic carbocycles. The fraction of sp³-hybridized carbons (Fsp3) is 0.500. The van der Waals surface area contributed by atoms with E-state index in [1.807, 2.05) is 12.9 Å². The molecule has 3 heteroatoms. The van der Waals surface area contributed by atoms with E-state index >= 15 is 0 Å². The Kier molecular flexibility index (Phi) is 1.37. The normalized spacial score (nSPS) is 19.3. The third-order valence-corrected chi connectivity index (χ3v) is 0.794. The van der Waals surface area contributed by atoms with Crippen molar-refractivity contribution in [3.8, 4) is 0 Å². The van der Waals surface area contributed by atoms with Crippen molar-refractivity contribution in [3.05, 3.63) is 12.3 Å². The van der Waals surface area contributed by atoms with Crippen LogP contribution in [0.2, 0.25) is 6.82 Å². The molecule has 0 amide bonds. The van der Waals surface area contributed by atoms with Crippen molar-refractivity contribution in [2.75, 3.05) is 6.61 Å². The van der Waals surface area contributed by atoms with Crippen LogP contribution in [0.3, 0.4) is 0 Å². The van der Waals surface area contributed by atoms with Crippen molar-refractivity contribution in [2.24, 2.45) is 0 Å². The van der Waals surface area contributed by atoms with Gasteiger partial charge in [0.15, 0.2) is 0 Å². The molecule has 1 aliphatic rings. The van der Waals surface area contributed by atoms with Crippen LogP contribution in [0.15, 0.2) is 12.3 Å². The topological polar surface area (TPSA) is 18.5 Å². The maximum absolute atomic E-state index is 4.97. The van der Waals surface area contributed by atoms with Crippen LogP contribution >= 0.6 is 0 Å². The summed E-state index contributed by atoms with van der Waals surface area (Å²) in [7, 11) is -0.0509. The minimum Gasteiger partial charge on any atom is -0.542 e. The van der Waals surface area contributed by atoms with Gasteiger partial charge in [0.05, 0.1) is 12.9 Å². The molecule has 7 heavy (non-hydrogen) atoms. The molecule has 1 heterocycles.